The maximum atomic E-state index is 5.75. The zero-order chi connectivity index (χ0) is 14.7. The summed E-state index contributed by atoms with van der Waals surface area (Å²) in [6.07, 6.45) is 4.01. The van der Waals surface area contributed by atoms with Crippen molar-refractivity contribution in [3.8, 4) is 5.88 Å². The molecule has 3 rings (SSSR count). The molecule has 2 heterocycles. The summed E-state index contributed by atoms with van der Waals surface area (Å²) in [5.41, 5.74) is 0. The molecule has 1 saturated carbocycles. The average molecular weight is 287 g/mol. The van der Waals surface area contributed by atoms with Gasteiger partial charge in [-0.2, -0.15) is 4.98 Å². The smallest absolute Gasteiger partial charge is 0.218 e. The van der Waals surface area contributed by atoms with Crippen LogP contribution in [0.1, 0.15) is 44.2 Å². The highest BCUT2D eigenvalue weighted by Crippen LogP contribution is 2.39. The van der Waals surface area contributed by atoms with Gasteiger partial charge in [-0.05, 0) is 30.9 Å². The van der Waals surface area contributed by atoms with Gasteiger partial charge in [0.2, 0.25) is 5.88 Å². The molecular weight excluding hydrogens is 266 g/mol. The number of hydrogen-bond acceptors (Lipinski definition) is 5. The minimum Gasteiger partial charge on any atom is -0.477 e. The molecule has 0 atom stereocenters. The molecule has 1 aliphatic rings. The van der Waals surface area contributed by atoms with E-state index in [1.54, 1.807) is 6.26 Å². The highest BCUT2D eigenvalue weighted by Gasteiger charge is 2.27. The van der Waals surface area contributed by atoms with E-state index < -0.39 is 0 Å². The van der Waals surface area contributed by atoms with Crippen LogP contribution in [0.5, 0.6) is 5.88 Å². The topological polar surface area (TPSA) is 60.2 Å². The Morgan fingerprint density at radius 3 is 2.90 bits per heavy atom. The number of aromatic nitrogens is 2. The Bertz CT molecular complexity index is 577. The van der Waals surface area contributed by atoms with Gasteiger partial charge in [0.05, 0.1) is 19.4 Å². The largest absolute Gasteiger partial charge is 0.477 e. The third-order valence-electron chi connectivity index (χ3n) is 3.25. The summed E-state index contributed by atoms with van der Waals surface area (Å²) in [6.45, 7) is 5.52. The molecular formula is C16H21N3O2. The van der Waals surface area contributed by atoms with Crippen LogP contribution in [0.25, 0.3) is 0 Å². The van der Waals surface area contributed by atoms with E-state index in [2.05, 4.69) is 29.1 Å². The van der Waals surface area contributed by atoms with Crippen LogP contribution in [0, 0.1) is 5.92 Å². The van der Waals surface area contributed by atoms with Crippen molar-refractivity contribution in [1.29, 1.82) is 0 Å². The van der Waals surface area contributed by atoms with E-state index >= 15 is 0 Å². The van der Waals surface area contributed by atoms with Crippen LogP contribution in [0.4, 0.5) is 5.82 Å². The van der Waals surface area contributed by atoms with Crippen molar-refractivity contribution in [3.63, 3.8) is 0 Å². The number of rotatable bonds is 7. The molecule has 0 aliphatic heterocycles. The van der Waals surface area contributed by atoms with Gasteiger partial charge in [0.1, 0.15) is 17.4 Å². The van der Waals surface area contributed by atoms with Crippen molar-refractivity contribution in [2.75, 3.05) is 11.9 Å². The molecule has 0 bridgehead atoms. The Hall–Kier alpha value is -2.04. The first-order valence-electron chi connectivity index (χ1n) is 7.48. The van der Waals surface area contributed by atoms with Crippen molar-refractivity contribution in [3.05, 3.63) is 36.0 Å². The van der Waals surface area contributed by atoms with E-state index in [0.717, 1.165) is 17.4 Å². The summed E-state index contributed by atoms with van der Waals surface area (Å²) in [6, 6.07) is 5.67. The molecule has 2 aromatic rings. The molecule has 5 nitrogen and oxygen atoms in total. The van der Waals surface area contributed by atoms with E-state index in [1.165, 1.54) is 12.8 Å². The predicted octanol–water partition coefficient (Wildman–Crippen LogP) is 3.59. The number of furan rings is 1. The first-order chi connectivity index (χ1) is 10.2. The Labute approximate surface area is 124 Å². The maximum absolute atomic E-state index is 5.75. The number of hydrogen-bond donors (Lipinski definition) is 1. The number of ether oxygens (including phenoxy) is 1. The van der Waals surface area contributed by atoms with Gasteiger partial charge in [-0.15, -0.1) is 0 Å². The molecule has 1 aliphatic carbocycles. The second-order valence-corrected chi connectivity index (χ2v) is 5.86. The van der Waals surface area contributed by atoms with E-state index in [0.29, 0.717) is 30.9 Å². The summed E-state index contributed by atoms with van der Waals surface area (Å²) in [7, 11) is 0. The summed E-state index contributed by atoms with van der Waals surface area (Å²) < 4.78 is 11.1. The molecule has 0 unspecified atom stereocenters. The van der Waals surface area contributed by atoms with Crippen molar-refractivity contribution >= 4 is 5.82 Å². The van der Waals surface area contributed by atoms with Crippen LogP contribution in [0.2, 0.25) is 0 Å². The predicted molar refractivity (Wildman–Crippen MR) is 80.4 cm³/mol. The molecule has 21 heavy (non-hydrogen) atoms. The van der Waals surface area contributed by atoms with Crippen LogP contribution < -0.4 is 10.1 Å². The van der Waals surface area contributed by atoms with Gasteiger partial charge in [0.15, 0.2) is 0 Å². The lowest BCUT2D eigenvalue weighted by Gasteiger charge is -2.11. The molecule has 112 valence electrons. The first-order valence-corrected chi connectivity index (χ1v) is 7.48. The Balaban J connectivity index is 1.71. The third kappa shape index (κ3) is 3.97. The lowest BCUT2D eigenvalue weighted by molar-refractivity contribution is 0.260. The van der Waals surface area contributed by atoms with Crippen molar-refractivity contribution in [2.45, 2.75) is 39.2 Å². The lowest BCUT2D eigenvalue weighted by atomic mass is 10.2. The number of nitrogens with zero attached hydrogens (tertiary/aromatic N) is 2. The van der Waals surface area contributed by atoms with Gasteiger partial charge in [-0.3, -0.25) is 0 Å². The van der Waals surface area contributed by atoms with Gasteiger partial charge in [-0.1, -0.05) is 13.8 Å². The molecule has 0 spiro atoms. The second-order valence-electron chi connectivity index (χ2n) is 5.86. The minimum absolute atomic E-state index is 0.476. The van der Waals surface area contributed by atoms with E-state index in [1.807, 2.05) is 18.2 Å². The van der Waals surface area contributed by atoms with Crippen LogP contribution in [0.15, 0.2) is 28.9 Å². The van der Waals surface area contributed by atoms with E-state index in [4.69, 9.17) is 9.15 Å². The lowest BCUT2D eigenvalue weighted by Crippen LogP contribution is -2.09. The van der Waals surface area contributed by atoms with E-state index in [-0.39, 0.29) is 0 Å². The standard InChI is InChI=1S/C16H21N3O2/c1-11(2)10-21-15-8-14(17-9-13-4-3-7-20-13)18-16(19-15)12-5-6-12/h3-4,7-8,11-12H,5-6,9-10H2,1-2H3,(H,17,18,19). The average Bonchev–Trinajstić information content (AvgIpc) is 3.20. The summed E-state index contributed by atoms with van der Waals surface area (Å²) in [5, 5.41) is 3.27. The fourth-order valence-electron chi connectivity index (χ4n) is 1.97. The number of nitrogens with one attached hydrogen (secondary N) is 1. The number of anilines is 1. The SMILES string of the molecule is CC(C)COc1cc(NCc2ccco2)nc(C2CC2)n1. The zero-order valence-electron chi connectivity index (χ0n) is 12.5. The molecule has 0 amide bonds. The van der Waals surface area contributed by atoms with Crippen molar-refractivity contribution in [2.24, 2.45) is 5.92 Å². The fourth-order valence-corrected chi connectivity index (χ4v) is 1.97. The molecule has 2 aromatic heterocycles. The normalized spacial score (nSPS) is 14.4. The maximum Gasteiger partial charge on any atom is 0.218 e. The summed E-state index contributed by atoms with van der Waals surface area (Å²) in [4.78, 5) is 9.09. The van der Waals surface area contributed by atoms with Crippen molar-refractivity contribution in [1.82, 2.24) is 9.97 Å². The van der Waals surface area contributed by atoms with Crippen molar-refractivity contribution < 1.29 is 9.15 Å². The molecule has 5 heteroatoms. The van der Waals surface area contributed by atoms with Gasteiger partial charge in [0.25, 0.3) is 0 Å². The zero-order valence-corrected chi connectivity index (χ0v) is 12.5. The summed E-state index contributed by atoms with van der Waals surface area (Å²) in [5.74, 6) is 4.19. The second kappa shape index (κ2) is 6.16. The molecule has 0 saturated heterocycles. The Morgan fingerprint density at radius 2 is 2.24 bits per heavy atom. The highest BCUT2D eigenvalue weighted by atomic mass is 16.5. The first kappa shape index (κ1) is 13.9. The van der Waals surface area contributed by atoms with Gasteiger partial charge >= 0.3 is 0 Å². The Morgan fingerprint density at radius 1 is 1.38 bits per heavy atom. The van der Waals surface area contributed by atoms with Gasteiger partial charge in [-0.25, -0.2) is 4.98 Å². The van der Waals surface area contributed by atoms with E-state index in [9.17, 15) is 0 Å². The van der Waals surface area contributed by atoms with Crippen LogP contribution in [-0.4, -0.2) is 16.6 Å². The third-order valence-corrected chi connectivity index (χ3v) is 3.25. The van der Waals surface area contributed by atoms with Gasteiger partial charge < -0.3 is 14.5 Å². The van der Waals surface area contributed by atoms with Crippen LogP contribution >= 0.6 is 0 Å². The molecule has 1 N–H and O–H groups in total. The molecule has 0 aromatic carbocycles. The van der Waals surface area contributed by atoms with Gasteiger partial charge in [0, 0.05) is 12.0 Å². The summed E-state index contributed by atoms with van der Waals surface area (Å²) >= 11 is 0. The molecule has 1 fully saturated rings. The quantitative estimate of drug-likeness (QED) is 0.843. The molecule has 0 radical (unpaired) electrons. The monoisotopic (exact) mass is 287 g/mol. The minimum atomic E-state index is 0.476. The van der Waals surface area contributed by atoms with Crippen LogP contribution in [-0.2, 0) is 6.54 Å². The fraction of sp³-hybridized carbons (Fsp3) is 0.500. The highest BCUT2D eigenvalue weighted by molar-refractivity contribution is 5.39. The van der Waals surface area contributed by atoms with Crippen LogP contribution in [0.3, 0.4) is 0 Å². The Kier molecular flexibility index (Phi) is 4.08.